The van der Waals surface area contributed by atoms with Gasteiger partial charge in [-0.25, -0.2) is 13.6 Å². The number of rotatable bonds is 8. The van der Waals surface area contributed by atoms with Crippen molar-refractivity contribution in [3.63, 3.8) is 0 Å². The molecular weight excluding hydrogens is 510 g/mol. The van der Waals surface area contributed by atoms with E-state index in [2.05, 4.69) is 4.90 Å². The topological polar surface area (TPSA) is 32.8 Å². The van der Waals surface area contributed by atoms with Crippen LogP contribution in [0.25, 0.3) is 0 Å². The summed E-state index contributed by atoms with van der Waals surface area (Å²) in [6.45, 7) is 1.99. The summed E-state index contributed by atoms with van der Waals surface area (Å²) in [6, 6.07) is 4.80. The van der Waals surface area contributed by atoms with Gasteiger partial charge in [-0.05, 0) is 86.0 Å². The predicted molar refractivity (Wildman–Crippen MR) is 131 cm³/mol. The number of likely N-dealkylation sites (tertiary alicyclic amines) is 1. The molecule has 1 saturated heterocycles. The first-order valence-electron chi connectivity index (χ1n) is 12.8. The maximum Gasteiger partial charge on any atom is 0.401 e. The minimum atomic E-state index is -4.58. The largest absolute Gasteiger partial charge is 0.465 e. The van der Waals surface area contributed by atoms with Crippen LogP contribution in [-0.4, -0.2) is 68.0 Å². The second kappa shape index (κ2) is 11.7. The zero-order chi connectivity index (χ0) is 27.6. The third kappa shape index (κ3) is 6.34. The Morgan fingerprint density at radius 2 is 1.84 bits per heavy atom. The van der Waals surface area contributed by atoms with E-state index in [-0.39, 0.29) is 17.9 Å². The average molecular weight is 543 g/mol. The van der Waals surface area contributed by atoms with Gasteiger partial charge in [-0.1, -0.05) is 6.07 Å². The second-order valence-electron chi connectivity index (χ2n) is 10.3. The third-order valence-corrected chi connectivity index (χ3v) is 7.55. The van der Waals surface area contributed by atoms with E-state index in [9.17, 15) is 22.4 Å². The van der Waals surface area contributed by atoms with Crippen LogP contribution in [0.15, 0.2) is 30.3 Å². The molecule has 2 aromatic carbocycles. The van der Waals surface area contributed by atoms with Gasteiger partial charge in [0, 0.05) is 24.7 Å². The van der Waals surface area contributed by atoms with Crippen LogP contribution < -0.4 is 0 Å². The zero-order valence-electron chi connectivity index (χ0n) is 21.5. The minimum Gasteiger partial charge on any atom is -0.465 e. The number of ether oxygens (including phenoxy) is 1. The van der Waals surface area contributed by atoms with Gasteiger partial charge in [0.05, 0.1) is 31.9 Å². The monoisotopic (exact) mass is 542 g/mol. The number of hydrogen-bond acceptors (Lipinski definition) is 4. The molecule has 0 amide bonds. The van der Waals surface area contributed by atoms with Crippen LogP contribution in [0.5, 0.6) is 0 Å². The molecule has 2 aliphatic heterocycles. The van der Waals surface area contributed by atoms with E-state index in [1.807, 2.05) is 0 Å². The number of carbonyl (C=O) groups is 1. The van der Waals surface area contributed by atoms with E-state index in [0.717, 1.165) is 17.9 Å². The number of alkyl halides is 4. The molecular formula is C28H32F6N2O2. The number of benzene rings is 2. The van der Waals surface area contributed by atoms with Crippen molar-refractivity contribution in [3.8, 4) is 0 Å². The Kier molecular flexibility index (Phi) is 8.72. The quantitative estimate of drug-likeness (QED) is 0.309. The highest BCUT2D eigenvalue weighted by molar-refractivity contribution is 5.89. The fourth-order valence-electron chi connectivity index (χ4n) is 5.85. The van der Waals surface area contributed by atoms with Crippen molar-refractivity contribution in [2.45, 2.75) is 50.9 Å². The minimum absolute atomic E-state index is 0.160. The van der Waals surface area contributed by atoms with Crippen LogP contribution in [0.3, 0.4) is 0 Å². The summed E-state index contributed by atoms with van der Waals surface area (Å²) in [5, 5.41) is 0. The van der Waals surface area contributed by atoms with Crippen molar-refractivity contribution in [1.82, 2.24) is 9.80 Å². The molecule has 4 rings (SSSR count). The summed E-state index contributed by atoms with van der Waals surface area (Å²) < 4.78 is 89.2. The lowest BCUT2D eigenvalue weighted by atomic mass is 9.83. The molecule has 2 unspecified atom stereocenters. The van der Waals surface area contributed by atoms with Gasteiger partial charge in [0.25, 0.3) is 0 Å². The zero-order valence-corrected chi connectivity index (χ0v) is 21.5. The second-order valence-corrected chi connectivity index (χ2v) is 10.3. The van der Waals surface area contributed by atoms with Crippen LogP contribution in [0, 0.1) is 17.6 Å². The van der Waals surface area contributed by atoms with Gasteiger partial charge in [-0.15, -0.1) is 0 Å². The van der Waals surface area contributed by atoms with E-state index in [1.54, 1.807) is 6.92 Å². The number of fused-ring (bicyclic) bond motifs is 1. The lowest BCUT2D eigenvalue weighted by Crippen LogP contribution is -2.47. The van der Waals surface area contributed by atoms with Gasteiger partial charge < -0.3 is 9.64 Å². The van der Waals surface area contributed by atoms with Gasteiger partial charge in [-0.2, -0.15) is 13.2 Å². The fourth-order valence-corrected chi connectivity index (χ4v) is 5.85. The maximum atomic E-state index is 15.6. The lowest BCUT2D eigenvalue weighted by Gasteiger charge is -2.42. The molecule has 208 valence electrons. The van der Waals surface area contributed by atoms with Crippen molar-refractivity contribution in [1.29, 1.82) is 0 Å². The Morgan fingerprint density at radius 3 is 2.47 bits per heavy atom. The highest BCUT2D eigenvalue weighted by Gasteiger charge is 2.42. The molecule has 0 aromatic heterocycles. The molecule has 4 nitrogen and oxygen atoms in total. The number of esters is 1. The number of methoxy groups -OCH3 is 1. The van der Waals surface area contributed by atoms with Crippen molar-refractivity contribution < 1.29 is 35.9 Å². The standard InChI is InChI=1S/C28H32F6N2O2/c1-17-10-21-14-20(27(37)38-2)4-5-22(21)26(36(17)16-28(32,33)34)25-23(30)12-19(13-24(25)31)11-18-6-9-35(15-18)8-3-7-29/h4-5,12-14,17-18,26H,3,6-11,15-16H2,1-2H3/t17-,18?,26?/m1/s1. The van der Waals surface area contributed by atoms with Crippen molar-refractivity contribution >= 4 is 5.97 Å². The Bertz CT molecular complexity index is 1130. The maximum absolute atomic E-state index is 15.6. The molecule has 10 heteroatoms. The van der Waals surface area contributed by atoms with E-state index in [0.29, 0.717) is 42.6 Å². The summed E-state index contributed by atoms with van der Waals surface area (Å²) in [6.07, 6.45) is -2.71. The van der Waals surface area contributed by atoms with Crippen LogP contribution in [0.4, 0.5) is 26.3 Å². The highest BCUT2D eigenvalue weighted by atomic mass is 19.4. The van der Waals surface area contributed by atoms with Crippen LogP contribution in [0.1, 0.15) is 58.4 Å². The summed E-state index contributed by atoms with van der Waals surface area (Å²) in [5.41, 5.74) is 1.09. The van der Waals surface area contributed by atoms with Gasteiger partial charge in [0.1, 0.15) is 11.6 Å². The first kappa shape index (κ1) is 28.4. The fraction of sp³-hybridized carbons (Fsp3) is 0.536. The molecule has 0 saturated carbocycles. The number of halogens is 6. The molecule has 2 heterocycles. The first-order valence-corrected chi connectivity index (χ1v) is 12.8. The molecule has 3 atom stereocenters. The molecule has 38 heavy (non-hydrogen) atoms. The SMILES string of the molecule is COC(=O)c1ccc2c(c1)C[C@@H](C)N(CC(F)(F)F)C2c1c(F)cc(CC2CCN(CCCF)C2)cc1F. The molecule has 2 aromatic rings. The van der Waals surface area contributed by atoms with Crippen LogP contribution >= 0.6 is 0 Å². The van der Waals surface area contributed by atoms with E-state index in [4.69, 9.17) is 4.74 Å². The number of hydrogen-bond donors (Lipinski definition) is 0. The van der Waals surface area contributed by atoms with Gasteiger partial charge in [-0.3, -0.25) is 9.29 Å². The van der Waals surface area contributed by atoms with Crippen LogP contribution in [-0.2, 0) is 17.6 Å². The molecule has 1 fully saturated rings. The normalized spacial score (nSPS) is 22.5. The lowest BCUT2D eigenvalue weighted by molar-refractivity contribution is -0.155. The molecule has 0 aliphatic carbocycles. The summed E-state index contributed by atoms with van der Waals surface area (Å²) in [5.74, 6) is -2.25. The first-order chi connectivity index (χ1) is 18.0. The van der Waals surface area contributed by atoms with Gasteiger partial charge in [0.2, 0.25) is 0 Å². The Morgan fingerprint density at radius 1 is 1.13 bits per heavy atom. The van der Waals surface area contributed by atoms with Crippen LogP contribution in [0.2, 0.25) is 0 Å². The molecule has 0 radical (unpaired) electrons. The van der Waals surface area contributed by atoms with E-state index >= 15 is 8.78 Å². The predicted octanol–water partition coefficient (Wildman–Crippen LogP) is 5.87. The average Bonchev–Trinajstić information content (AvgIpc) is 3.29. The van der Waals surface area contributed by atoms with E-state index < -0.39 is 54.6 Å². The Labute approximate surface area is 218 Å². The summed E-state index contributed by atoms with van der Waals surface area (Å²) >= 11 is 0. The molecule has 0 spiro atoms. The van der Waals surface area contributed by atoms with Crippen molar-refractivity contribution in [3.05, 3.63) is 69.8 Å². The number of carbonyl (C=O) groups excluding carboxylic acids is 1. The van der Waals surface area contributed by atoms with Gasteiger partial charge >= 0.3 is 12.1 Å². The highest BCUT2D eigenvalue weighted by Crippen LogP contribution is 2.42. The molecule has 2 aliphatic rings. The smallest absolute Gasteiger partial charge is 0.401 e. The van der Waals surface area contributed by atoms with Gasteiger partial charge in [0.15, 0.2) is 0 Å². The van der Waals surface area contributed by atoms with Crippen molar-refractivity contribution in [2.24, 2.45) is 5.92 Å². The third-order valence-electron chi connectivity index (χ3n) is 7.55. The Hall–Kier alpha value is -2.59. The Balaban J connectivity index is 1.68. The molecule has 0 bridgehead atoms. The molecule has 0 N–H and O–H groups in total. The number of nitrogens with zero attached hydrogens (tertiary/aromatic N) is 2. The summed E-state index contributed by atoms with van der Waals surface area (Å²) in [7, 11) is 1.22. The van der Waals surface area contributed by atoms with Crippen molar-refractivity contribution in [2.75, 3.05) is 40.0 Å². The van der Waals surface area contributed by atoms with E-state index in [1.165, 1.54) is 37.4 Å². The summed E-state index contributed by atoms with van der Waals surface area (Å²) in [4.78, 5) is 15.2.